The summed E-state index contributed by atoms with van der Waals surface area (Å²) in [4.78, 5) is 0. The van der Waals surface area contributed by atoms with Crippen LogP contribution in [0.25, 0.3) is 0 Å². The topological polar surface area (TPSA) is 49.7 Å². The van der Waals surface area contributed by atoms with Crippen LogP contribution >= 0.6 is 0 Å². The summed E-state index contributed by atoms with van der Waals surface area (Å²) < 4.78 is 5.38. The lowest BCUT2D eigenvalue weighted by atomic mass is 9.76. The Morgan fingerprint density at radius 1 is 1.36 bits per heavy atom. The molecule has 1 aromatic rings. The molecule has 1 aliphatic rings. The van der Waals surface area contributed by atoms with E-state index in [1.54, 1.807) is 13.2 Å². The smallest absolute Gasteiger partial charge is 0.130 e. The molecule has 0 saturated carbocycles. The van der Waals surface area contributed by atoms with Gasteiger partial charge in [-0.1, -0.05) is 36.0 Å². The van der Waals surface area contributed by atoms with E-state index in [0.717, 1.165) is 24.0 Å². The molecule has 118 valence electrons. The van der Waals surface area contributed by atoms with Gasteiger partial charge in [-0.2, -0.15) is 0 Å². The summed E-state index contributed by atoms with van der Waals surface area (Å²) in [6.45, 7) is 7.98. The minimum Gasteiger partial charge on any atom is -0.508 e. The number of hydrogen-bond acceptors (Lipinski definition) is 3. The lowest BCUT2D eigenvalue weighted by Gasteiger charge is -2.29. The van der Waals surface area contributed by atoms with Gasteiger partial charge in [-0.25, -0.2) is 0 Å². The van der Waals surface area contributed by atoms with Gasteiger partial charge in [-0.15, -0.1) is 0 Å². The van der Waals surface area contributed by atoms with Gasteiger partial charge < -0.3 is 14.9 Å². The number of hydrogen-bond donors (Lipinski definition) is 2. The number of aromatic hydroxyl groups is 2. The van der Waals surface area contributed by atoms with Crippen molar-refractivity contribution in [2.45, 2.75) is 32.6 Å². The van der Waals surface area contributed by atoms with Crippen molar-refractivity contribution in [3.05, 3.63) is 53.6 Å². The van der Waals surface area contributed by atoms with Crippen LogP contribution in [0.3, 0.4) is 0 Å². The summed E-state index contributed by atoms with van der Waals surface area (Å²) in [7, 11) is 1.55. The molecule has 0 amide bonds. The van der Waals surface area contributed by atoms with E-state index in [4.69, 9.17) is 4.74 Å². The fourth-order valence-electron chi connectivity index (χ4n) is 2.99. The van der Waals surface area contributed by atoms with Crippen LogP contribution in [0.4, 0.5) is 0 Å². The van der Waals surface area contributed by atoms with Crippen molar-refractivity contribution in [2.75, 3.05) is 7.11 Å². The fourth-order valence-corrected chi connectivity index (χ4v) is 2.99. The molecule has 0 heterocycles. The molecule has 2 rings (SSSR count). The second-order valence-corrected chi connectivity index (χ2v) is 6.03. The second kappa shape index (κ2) is 6.73. The third-order valence-electron chi connectivity index (χ3n) is 4.08. The van der Waals surface area contributed by atoms with E-state index in [-0.39, 0.29) is 23.3 Å². The van der Waals surface area contributed by atoms with Crippen LogP contribution in [-0.2, 0) is 0 Å². The summed E-state index contributed by atoms with van der Waals surface area (Å²) in [5, 5.41) is 20.0. The van der Waals surface area contributed by atoms with Crippen molar-refractivity contribution in [2.24, 2.45) is 5.92 Å². The van der Waals surface area contributed by atoms with Gasteiger partial charge in [-0.05, 0) is 32.6 Å². The quantitative estimate of drug-likeness (QED) is 0.627. The van der Waals surface area contributed by atoms with Gasteiger partial charge >= 0.3 is 0 Å². The maximum Gasteiger partial charge on any atom is 0.130 e. The number of rotatable bonds is 4. The van der Waals surface area contributed by atoms with Crippen molar-refractivity contribution >= 4 is 0 Å². The number of methoxy groups -OCH3 is 1. The average molecular weight is 300 g/mol. The van der Waals surface area contributed by atoms with Crippen molar-refractivity contribution in [3.63, 3.8) is 0 Å². The molecule has 0 aromatic heterocycles. The molecule has 2 unspecified atom stereocenters. The van der Waals surface area contributed by atoms with E-state index in [2.05, 4.69) is 25.7 Å². The molecule has 0 spiro atoms. The Kier molecular flexibility index (Phi) is 4.96. The van der Waals surface area contributed by atoms with Crippen LogP contribution in [0.1, 0.15) is 38.2 Å². The van der Waals surface area contributed by atoms with Gasteiger partial charge in [0.2, 0.25) is 0 Å². The SMILES string of the molecule is C=C(C)C=CC1CCC(C)=CC1c1c(O)cc(O)cc1OC. The zero-order valence-corrected chi connectivity index (χ0v) is 13.5. The van der Waals surface area contributed by atoms with Crippen LogP contribution < -0.4 is 4.74 Å². The van der Waals surface area contributed by atoms with E-state index in [1.807, 2.05) is 13.0 Å². The van der Waals surface area contributed by atoms with E-state index >= 15 is 0 Å². The molecule has 0 saturated heterocycles. The number of allylic oxidation sites excluding steroid dienone is 5. The first kappa shape index (κ1) is 16.2. The summed E-state index contributed by atoms with van der Waals surface area (Å²) >= 11 is 0. The van der Waals surface area contributed by atoms with Crippen molar-refractivity contribution in [3.8, 4) is 17.2 Å². The summed E-state index contributed by atoms with van der Waals surface area (Å²) in [5.41, 5.74) is 3.04. The molecule has 1 aromatic carbocycles. The zero-order valence-electron chi connectivity index (χ0n) is 13.5. The molecule has 3 heteroatoms. The van der Waals surface area contributed by atoms with Crippen molar-refractivity contribution in [1.82, 2.24) is 0 Å². The number of phenolic OH excluding ortho intramolecular Hbond substituents is 2. The molecule has 2 atom stereocenters. The number of ether oxygens (including phenoxy) is 1. The molecule has 22 heavy (non-hydrogen) atoms. The largest absolute Gasteiger partial charge is 0.508 e. The monoisotopic (exact) mass is 300 g/mol. The van der Waals surface area contributed by atoms with Crippen LogP contribution in [0.5, 0.6) is 17.2 Å². The van der Waals surface area contributed by atoms with Crippen LogP contribution in [0.15, 0.2) is 48.1 Å². The summed E-state index contributed by atoms with van der Waals surface area (Å²) in [6.07, 6.45) is 8.42. The van der Waals surface area contributed by atoms with E-state index < -0.39 is 0 Å². The number of benzene rings is 1. The molecular formula is C19H24O3. The Balaban J connectivity index is 2.50. The Morgan fingerprint density at radius 3 is 2.73 bits per heavy atom. The van der Waals surface area contributed by atoms with Gasteiger partial charge in [0.15, 0.2) is 0 Å². The van der Waals surface area contributed by atoms with Gasteiger partial charge in [-0.3, -0.25) is 0 Å². The lowest BCUT2D eigenvalue weighted by Crippen LogP contribution is -2.15. The van der Waals surface area contributed by atoms with Gasteiger partial charge in [0.25, 0.3) is 0 Å². The predicted molar refractivity (Wildman–Crippen MR) is 89.5 cm³/mol. The van der Waals surface area contributed by atoms with Crippen LogP contribution in [-0.4, -0.2) is 17.3 Å². The molecule has 0 aliphatic heterocycles. The summed E-state index contributed by atoms with van der Waals surface area (Å²) in [6, 6.07) is 2.92. The third-order valence-corrected chi connectivity index (χ3v) is 4.08. The van der Waals surface area contributed by atoms with Crippen LogP contribution in [0, 0.1) is 5.92 Å². The van der Waals surface area contributed by atoms with Crippen molar-refractivity contribution in [1.29, 1.82) is 0 Å². The molecule has 0 bridgehead atoms. The van der Waals surface area contributed by atoms with E-state index in [1.165, 1.54) is 11.6 Å². The number of phenols is 2. The molecule has 2 N–H and O–H groups in total. The maximum atomic E-state index is 10.3. The zero-order chi connectivity index (χ0) is 16.3. The van der Waals surface area contributed by atoms with E-state index in [9.17, 15) is 10.2 Å². The molecular weight excluding hydrogens is 276 g/mol. The van der Waals surface area contributed by atoms with Gasteiger partial charge in [0.05, 0.1) is 7.11 Å². The first-order valence-corrected chi connectivity index (χ1v) is 7.53. The molecule has 0 fully saturated rings. The normalized spacial score (nSPS) is 21.7. The first-order chi connectivity index (χ1) is 10.4. The Bertz CT molecular complexity index is 626. The molecule has 0 radical (unpaired) electrons. The third kappa shape index (κ3) is 3.53. The highest BCUT2D eigenvalue weighted by molar-refractivity contribution is 5.53. The summed E-state index contributed by atoms with van der Waals surface area (Å²) in [5.74, 6) is 0.886. The molecule has 3 nitrogen and oxygen atoms in total. The minimum atomic E-state index is 0.00337. The van der Waals surface area contributed by atoms with Crippen LogP contribution in [0.2, 0.25) is 0 Å². The lowest BCUT2D eigenvalue weighted by molar-refractivity contribution is 0.377. The first-order valence-electron chi connectivity index (χ1n) is 7.53. The highest BCUT2D eigenvalue weighted by Gasteiger charge is 2.28. The Morgan fingerprint density at radius 2 is 2.09 bits per heavy atom. The maximum absolute atomic E-state index is 10.3. The highest BCUT2D eigenvalue weighted by Crippen LogP contribution is 2.46. The Labute approximate surface area is 132 Å². The Hall–Kier alpha value is -2.16. The van der Waals surface area contributed by atoms with Gasteiger partial charge in [0.1, 0.15) is 17.2 Å². The van der Waals surface area contributed by atoms with E-state index in [0.29, 0.717) is 5.75 Å². The predicted octanol–water partition coefficient (Wildman–Crippen LogP) is 4.68. The average Bonchev–Trinajstić information content (AvgIpc) is 2.45. The van der Waals surface area contributed by atoms with Crippen molar-refractivity contribution < 1.29 is 14.9 Å². The minimum absolute atomic E-state index is 0.00337. The molecule has 1 aliphatic carbocycles. The second-order valence-electron chi connectivity index (χ2n) is 6.03. The standard InChI is InChI=1S/C19H24O3/c1-12(2)5-7-14-8-6-13(3)9-16(14)19-17(21)10-15(20)11-18(19)22-4/h5,7,9-11,14,16,20-21H,1,6,8H2,2-4H3. The highest BCUT2D eigenvalue weighted by atomic mass is 16.5. The van der Waals surface area contributed by atoms with Gasteiger partial charge in [0, 0.05) is 23.6 Å². The fraction of sp³-hybridized carbons (Fsp3) is 0.368.